The van der Waals surface area contributed by atoms with Gasteiger partial charge in [-0.1, -0.05) is 0 Å². The van der Waals surface area contributed by atoms with Gasteiger partial charge in [0.1, 0.15) is 6.04 Å². The summed E-state index contributed by atoms with van der Waals surface area (Å²) in [5.41, 5.74) is 0. The van der Waals surface area contributed by atoms with Crippen LogP contribution >= 0.6 is 0 Å². The normalized spacial score (nSPS) is 31.2. The highest BCUT2D eigenvalue weighted by Crippen LogP contribution is 2.00. The van der Waals surface area contributed by atoms with Crippen molar-refractivity contribution >= 4 is 11.8 Å². The first kappa shape index (κ1) is 7.05. The van der Waals surface area contributed by atoms with Gasteiger partial charge in [-0.05, 0) is 13.8 Å². The Bertz CT molecular complexity index is 179. The van der Waals surface area contributed by atoms with Crippen LogP contribution in [0.15, 0.2) is 0 Å². The van der Waals surface area contributed by atoms with Crippen LogP contribution < -0.4 is 10.6 Å². The predicted octanol–water partition coefficient (Wildman–Crippen LogP) is -0.355. The van der Waals surface area contributed by atoms with E-state index < -0.39 is 0 Å². The molecule has 0 saturated carbocycles. The lowest BCUT2D eigenvalue weighted by Crippen LogP contribution is -2.37. The van der Waals surface area contributed by atoms with Gasteiger partial charge in [-0.15, -0.1) is 0 Å². The molecule has 4 heteroatoms. The molecule has 56 valence electrons. The van der Waals surface area contributed by atoms with Gasteiger partial charge in [0.25, 0.3) is 0 Å². The average molecular weight is 142 g/mol. The molecule has 2 unspecified atom stereocenters. The summed E-state index contributed by atoms with van der Waals surface area (Å²) in [6.45, 7) is 3.26. The van der Waals surface area contributed by atoms with Gasteiger partial charge in [-0.2, -0.15) is 0 Å². The van der Waals surface area contributed by atoms with Gasteiger partial charge < -0.3 is 10.6 Å². The van der Waals surface area contributed by atoms with Crippen molar-refractivity contribution in [2.24, 2.45) is 0 Å². The maximum absolute atomic E-state index is 10.7. The first-order valence-corrected chi connectivity index (χ1v) is 3.18. The van der Waals surface area contributed by atoms with Crippen LogP contribution in [0.5, 0.6) is 0 Å². The summed E-state index contributed by atoms with van der Waals surface area (Å²) in [6, 6.07) is -0.676. The number of hydrogen-bond acceptors (Lipinski definition) is 2. The SMILES string of the molecule is CC(=O)C1NC(=O)NC1C. The van der Waals surface area contributed by atoms with Crippen molar-refractivity contribution in [2.45, 2.75) is 25.9 Å². The van der Waals surface area contributed by atoms with Gasteiger partial charge in [-0.3, -0.25) is 4.79 Å². The molecule has 1 rings (SSSR count). The van der Waals surface area contributed by atoms with Gasteiger partial charge in [0.05, 0.1) is 6.04 Å². The Kier molecular flexibility index (Phi) is 1.61. The molecule has 1 heterocycles. The van der Waals surface area contributed by atoms with Crippen molar-refractivity contribution in [3.05, 3.63) is 0 Å². The molecule has 1 saturated heterocycles. The summed E-state index contributed by atoms with van der Waals surface area (Å²) in [5.74, 6) is -0.00847. The van der Waals surface area contributed by atoms with Crippen LogP contribution in [0.3, 0.4) is 0 Å². The number of nitrogens with one attached hydrogen (secondary N) is 2. The number of ketones is 1. The molecule has 0 aromatic rings. The summed E-state index contributed by atoms with van der Waals surface area (Å²) in [6.07, 6.45) is 0. The van der Waals surface area contributed by atoms with Crippen LogP contribution in [-0.2, 0) is 4.79 Å². The number of hydrogen-bond donors (Lipinski definition) is 2. The van der Waals surface area contributed by atoms with Crippen molar-refractivity contribution in [2.75, 3.05) is 0 Å². The maximum atomic E-state index is 10.7. The summed E-state index contributed by atoms with van der Waals surface area (Å²) in [4.78, 5) is 21.3. The monoisotopic (exact) mass is 142 g/mol. The average Bonchev–Trinajstić information content (AvgIpc) is 2.10. The predicted molar refractivity (Wildman–Crippen MR) is 35.6 cm³/mol. The molecule has 0 aromatic heterocycles. The summed E-state index contributed by atoms with van der Waals surface area (Å²) in [5, 5.41) is 5.08. The minimum absolute atomic E-state index is 0.00847. The molecule has 10 heavy (non-hydrogen) atoms. The highest BCUT2D eigenvalue weighted by Gasteiger charge is 2.30. The third-order valence-corrected chi connectivity index (χ3v) is 1.58. The van der Waals surface area contributed by atoms with Gasteiger partial charge in [-0.25, -0.2) is 4.79 Å². The third kappa shape index (κ3) is 1.10. The molecule has 0 aromatic carbocycles. The van der Waals surface area contributed by atoms with E-state index in [0.29, 0.717) is 0 Å². The Labute approximate surface area is 59.0 Å². The van der Waals surface area contributed by atoms with Gasteiger partial charge in [0.15, 0.2) is 5.78 Å². The molecular formula is C6H10N2O2. The Morgan fingerprint density at radius 3 is 2.30 bits per heavy atom. The molecule has 2 atom stereocenters. The lowest BCUT2D eigenvalue weighted by molar-refractivity contribution is -0.118. The second kappa shape index (κ2) is 2.28. The highest BCUT2D eigenvalue weighted by atomic mass is 16.2. The lowest BCUT2D eigenvalue weighted by Gasteiger charge is -2.08. The minimum atomic E-state index is -0.340. The first-order valence-electron chi connectivity index (χ1n) is 3.18. The quantitative estimate of drug-likeness (QED) is 0.525. The Morgan fingerprint density at radius 1 is 1.50 bits per heavy atom. The van der Waals surface area contributed by atoms with Crippen molar-refractivity contribution in [1.29, 1.82) is 0 Å². The highest BCUT2D eigenvalue weighted by molar-refractivity contribution is 5.90. The summed E-state index contributed by atoms with van der Waals surface area (Å²) >= 11 is 0. The van der Waals surface area contributed by atoms with Gasteiger partial charge in [0, 0.05) is 0 Å². The molecule has 1 fully saturated rings. The number of rotatable bonds is 1. The van der Waals surface area contributed by atoms with E-state index >= 15 is 0 Å². The molecular weight excluding hydrogens is 132 g/mol. The summed E-state index contributed by atoms with van der Waals surface area (Å²) in [7, 11) is 0. The summed E-state index contributed by atoms with van der Waals surface area (Å²) < 4.78 is 0. The fourth-order valence-electron chi connectivity index (χ4n) is 1.05. The minimum Gasteiger partial charge on any atom is -0.333 e. The molecule has 1 aliphatic rings. The van der Waals surface area contributed by atoms with Crippen molar-refractivity contribution in [3.8, 4) is 0 Å². The van der Waals surface area contributed by atoms with E-state index in [1.54, 1.807) is 6.92 Å². The largest absolute Gasteiger partial charge is 0.333 e. The molecule has 0 aliphatic carbocycles. The van der Waals surface area contributed by atoms with Crippen LogP contribution in [0.4, 0.5) is 4.79 Å². The second-order valence-corrected chi connectivity index (χ2v) is 2.49. The van der Waals surface area contributed by atoms with Crippen LogP contribution in [0.1, 0.15) is 13.8 Å². The fraction of sp³-hybridized carbons (Fsp3) is 0.667. The zero-order chi connectivity index (χ0) is 7.72. The number of carbonyl (C=O) groups is 2. The van der Waals surface area contributed by atoms with E-state index in [-0.39, 0.29) is 23.9 Å². The first-order chi connectivity index (χ1) is 4.61. The Morgan fingerprint density at radius 2 is 2.10 bits per heavy atom. The Hall–Kier alpha value is -1.06. The number of amides is 2. The van der Waals surface area contributed by atoms with Crippen LogP contribution in [0.2, 0.25) is 0 Å². The molecule has 0 radical (unpaired) electrons. The smallest absolute Gasteiger partial charge is 0.315 e. The van der Waals surface area contributed by atoms with Crippen LogP contribution in [0, 0.1) is 0 Å². The molecule has 0 bridgehead atoms. The van der Waals surface area contributed by atoms with E-state index in [4.69, 9.17) is 0 Å². The molecule has 4 nitrogen and oxygen atoms in total. The van der Waals surface area contributed by atoms with E-state index in [1.165, 1.54) is 6.92 Å². The topological polar surface area (TPSA) is 58.2 Å². The van der Waals surface area contributed by atoms with Gasteiger partial charge >= 0.3 is 6.03 Å². The molecule has 2 N–H and O–H groups in total. The van der Waals surface area contributed by atoms with Gasteiger partial charge in [0.2, 0.25) is 0 Å². The maximum Gasteiger partial charge on any atom is 0.315 e. The second-order valence-electron chi connectivity index (χ2n) is 2.49. The van der Waals surface area contributed by atoms with Crippen molar-refractivity contribution in [3.63, 3.8) is 0 Å². The van der Waals surface area contributed by atoms with Crippen molar-refractivity contribution in [1.82, 2.24) is 10.6 Å². The number of urea groups is 1. The molecule has 2 amide bonds. The lowest BCUT2D eigenvalue weighted by atomic mass is 10.1. The van der Waals surface area contributed by atoms with E-state index in [9.17, 15) is 9.59 Å². The zero-order valence-electron chi connectivity index (χ0n) is 5.97. The third-order valence-electron chi connectivity index (χ3n) is 1.58. The Balaban J connectivity index is 2.63. The van der Waals surface area contributed by atoms with E-state index in [1.807, 2.05) is 0 Å². The number of Topliss-reactive ketones (excluding diaryl/α,β-unsaturated/α-hetero) is 1. The number of carbonyl (C=O) groups excluding carboxylic acids is 2. The molecule has 1 aliphatic heterocycles. The molecule has 0 spiro atoms. The zero-order valence-corrected chi connectivity index (χ0v) is 5.97. The standard InChI is InChI=1S/C6H10N2O2/c1-3-5(4(2)9)8-6(10)7-3/h3,5H,1-2H3,(H2,7,8,10). The van der Waals surface area contributed by atoms with E-state index in [0.717, 1.165) is 0 Å². The van der Waals surface area contributed by atoms with Crippen LogP contribution in [0.25, 0.3) is 0 Å². The van der Waals surface area contributed by atoms with E-state index in [2.05, 4.69) is 10.6 Å². The fourth-order valence-corrected chi connectivity index (χ4v) is 1.05. The van der Waals surface area contributed by atoms with Crippen LogP contribution in [-0.4, -0.2) is 23.9 Å². The van der Waals surface area contributed by atoms with Crippen molar-refractivity contribution < 1.29 is 9.59 Å².